The summed E-state index contributed by atoms with van der Waals surface area (Å²) in [5.74, 6) is 1.84. The topological polar surface area (TPSA) is 50.3 Å². The highest BCUT2D eigenvalue weighted by Gasteiger charge is 2.19. The molecule has 0 spiro atoms. The Morgan fingerprint density at radius 3 is 2.84 bits per heavy atom. The quantitative estimate of drug-likeness (QED) is 0.783. The number of hydrogen-bond donors (Lipinski definition) is 1. The molecule has 0 atom stereocenters. The Hall–Kier alpha value is -1.20. The van der Waals surface area contributed by atoms with Crippen molar-refractivity contribution in [3.05, 3.63) is 18.1 Å². The van der Waals surface area contributed by atoms with Gasteiger partial charge in [0.25, 0.3) is 0 Å². The number of methoxy groups -OCH3 is 1. The number of rotatable bonds is 6. The summed E-state index contributed by atoms with van der Waals surface area (Å²) in [6.45, 7) is 7.03. The van der Waals surface area contributed by atoms with E-state index in [0.29, 0.717) is 0 Å². The lowest BCUT2D eigenvalue weighted by Gasteiger charge is -2.32. The predicted molar refractivity (Wildman–Crippen MR) is 76.5 cm³/mol. The van der Waals surface area contributed by atoms with Gasteiger partial charge in [-0.1, -0.05) is 0 Å². The largest absolute Gasteiger partial charge is 0.383 e. The number of aryl methyl sites for hydroxylation is 1. The van der Waals surface area contributed by atoms with Gasteiger partial charge in [0, 0.05) is 38.5 Å². The molecule has 1 saturated heterocycles. The highest BCUT2D eigenvalue weighted by atomic mass is 16.5. The molecule has 0 bridgehead atoms. The maximum Gasteiger partial charge on any atom is 0.132 e. The zero-order valence-corrected chi connectivity index (χ0v) is 11.9. The maximum absolute atomic E-state index is 5.03. The van der Waals surface area contributed by atoms with Crippen molar-refractivity contribution in [3.63, 3.8) is 0 Å². The van der Waals surface area contributed by atoms with E-state index in [1.165, 1.54) is 12.8 Å². The van der Waals surface area contributed by atoms with Gasteiger partial charge in [0.1, 0.15) is 12.1 Å². The molecule has 1 aliphatic rings. The molecule has 0 unspecified atom stereocenters. The average Bonchev–Trinajstić information content (AvgIpc) is 2.44. The molecule has 2 heterocycles. The van der Waals surface area contributed by atoms with Crippen molar-refractivity contribution in [2.75, 3.05) is 44.8 Å². The van der Waals surface area contributed by atoms with Gasteiger partial charge >= 0.3 is 0 Å². The molecule has 5 heteroatoms. The Labute approximate surface area is 115 Å². The van der Waals surface area contributed by atoms with Gasteiger partial charge < -0.3 is 15.0 Å². The van der Waals surface area contributed by atoms with E-state index >= 15 is 0 Å². The second-order valence-electron chi connectivity index (χ2n) is 5.14. The van der Waals surface area contributed by atoms with E-state index in [4.69, 9.17) is 4.74 Å². The monoisotopic (exact) mass is 264 g/mol. The predicted octanol–water partition coefficient (Wildman–Crippen LogP) is 1.24. The SMILES string of the molecule is COCCNCC1CCN(c2cc(C)ncn2)CC1. The lowest BCUT2D eigenvalue weighted by molar-refractivity contribution is 0.196. The van der Waals surface area contributed by atoms with E-state index in [2.05, 4.69) is 26.3 Å². The van der Waals surface area contributed by atoms with Gasteiger partial charge in [-0.25, -0.2) is 9.97 Å². The maximum atomic E-state index is 5.03. The van der Waals surface area contributed by atoms with E-state index in [0.717, 1.165) is 50.2 Å². The van der Waals surface area contributed by atoms with Crippen LogP contribution in [-0.4, -0.2) is 49.9 Å². The second-order valence-corrected chi connectivity index (χ2v) is 5.14. The van der Waals surface area contributed by atoms with Crippen molar-refractivity contribution in [1.29, 1.82) is 0 Å². The van der Waals surface area contributed by atoms with E-state index in [-0.39, 0.29) is 0 Å². The van der Waals surface area contributed by atoms with Crippen LogP contribution in [0.2, 0.25) is 0 Å². The zero-order chi connectivity index (χ0) is 13.5. The number of nitrogens with one attached hydrogen (secondary N) is 1. The lowest BCUT2D eigenvalue weighted by Crippen LogP contribution is -2.38. The minimum atomic E-state index is 0.774. The molecule has 0 aliphatic carbocycles. The van der Waals surface area contributed by atoms with Crippen LogP contribution in [-0.2, 0) is 4.74 Å². The minimum absolute atomic E-state index is 0.774. The van der Waals surface area contributed by atoms with Crippen LogP contribution in [0.5, 0.6) is 0 Å². The number of anilines is 1. The van der Waals surface area contributed by atoms with Crippen LogP contribution in [0, 0.1) is 12.8 Å². The normalized spacial score (nSPS) is 16.8. The summed E-state index contributed by atoms with van der Waals surface area (Å²) in [5.41, 5.74) is 1.04. The van der Waals surface area contributed by atoms with Crippen molar-refractivity contribution >= 4 is 5.82 Å². The molecule has 0 aromatic carbocycles. The standard InChI is InChI=1S/C14H24N4O/c1-12-9-14(17-11-16-12)18-6-3-13(4-7-18)10-15-5-8-19-2/h9,11,13,15H,3-8,10H2,1-2H3. The van der Waals surface area contributed by atoms with Gasteiger partial charge in [0.05, 0.1) is 6.61 Å². The number of hydrogen-bond acceptors (Lipinski definition) is 5. The molecule has 1 aliphatic heterocycles. The Morgan fingerprint density at radius 2 is 2.16 bits per heavy atom. The van der Waals surface area contributed by atoms with Crippen molar-refractivity contribution in [3.8, 4) is 0 Å². The average molecular weight is 264 g/mol. The van der Waals surface area contributed by atoms with Crippen molar-refractivity contribution < 1.29 is 4.74 Å². The van der Waals surface area contributed by atoms with Gasteiger partial charge in [-0.2, -0.15) is 0 Å². The molecule has 106 valence electrons. The summed E-state index contributed by atoms with van der Waals surface area (Å²) < 4.78 is 5.03. The number of piperidine rings is 1. The number of aromatic nitrogens is 2. The third-order valence-electron chi connectivity index (χ3n) is 3.64. The second kappa shape index (κ2) is 7.40. The highest BCUT2D eigenvalue weighted by molar-refractivity contribution is 5.38. The Balaban J connectivity index is 1.73. The fourth-order valence-corrected chi connectivity index (χ4v) is 2.46. The smallest absolute Gasteiger partial charge is 0.132 e. The Morgan fingerprint density at radius 1 is 1.37 bits per heavy atom. The first-order chi connectivity index (χ1) is 9.29. The number of ether oxygens (including phenoxy) is 1. The van der Waals surface area contributed by atoms with Crippen molar-refractivity contribution in [2.24, 2.45) is 5.92 Å². The van der Waals surface area contributed by atoms with E-state index in [1.54, 1.807) is 13.4 Å². The van der Waals surface area contributed by atoms with Crippen LogP contribution < -0.4 is 10.2 Å². The molecule has 1 N–H and O–H groups in total. The van der Waals surface area contributed by atoms with Crippen LogP contribution in [0.15, 0.2) is 12.4 Å². The highest BCUT2D eigenvalue weighted by Crippen LogP contribution is 2.21. The van der Waals surface area contributed by atoms with Crippen LogP contribution >= 0.6 is 0 Å². The van der Waals surface area contributed by atoms with Gasteiger partial charge in [0.15, 0.2) is 0 Å². The molecule has 2 rings (SSSR count). The van der Waals surface area contributed by atoms with E-state index in [1.807, 2.05) is 6.92 Å². The summed E-state index contributed by atoms with van der Waals surface area (Å²) >= 11 is 0. The van der Waals surface area contributed by atoms with Crippen LogP contribution in [0.3, 0.4) is 0 Å². The molecule has 19 heavy (non-hydrogen) atoms. The third-order valence-corrected chi connectivity index (χ3v) is 3.64. The molecule has 0 amide bonds. The van der Waals surface area contributed by atoms with Crippen LogP contribution in [0.25, 0.3) is 0 Å². The third kappa shape index (κ3) is 4.44. The van der Waals surface area contributed by atoms with E-state index < -0.39 is 0 Å². The zero-order valence-electron chi connectivity index (χ0n) is 11.9. The molecular weight excluding hydrogens is 240 g/mol. The molecular formula is C14H24N4O. The van der Waals surface area contributed by atoms with Gasteiger partial charge in [0.2, 0.25) is 0 Å². The summed E-state index contributed by atoms with van der Waals surface area (Å²) in [6, 6.07) is 2.07. The summed E-state index contributed by atoms with van der Waals surface area (Å²) in [4.78, 5) is 10.9. The molecule has 1 aromatic heterocycles. The first-order valence-electron chi connectivity index (χ1n) is 7.03. The van der Waals surface area contributed by atoms with Crippen LogP contribution in [0.1, 0.15) is 18.5 Å². The summed E-state index contributed by atoms with van der Waals surface area (Å²) in [7, 11) is 1.74. The summed E-state index contributed by atoms with van der Waals surface area (Å²) in [6.07, 6.45) is 4.11. The number of nitrogens with zero attached hydrogens (tertiary/aromatic N) is 3. The fraction of sp³-hybridized carbons (Fsp3) is 0.714. The first kappa shape index (κ1) is 14.2. The summed E-state index contributed by atoms with van der Waals surface area (Å²) in [5, 5.41) is 3.45. The molecule has 0 radical (unpaired) electrons. The van der Waals surface area contributed by atoms with E-state index in [9.17, 15) is 0 Å². The molecule has 0 saturated carbocycles. The first-order valence-corrected chi connectivity index (χ1v) is 7.03. The molecule has 1 aromatic rings. The lowest BCUT2D eigenvalue weighted by atomic mass is 9.97. The van der Waals surface area contributed by atoms with Gasteiger partial charge in [-0.05, 0) is 32.2 Å². The Kier molecular flexibility index (Phi) is 5.54. The molecule has 5 nitrogen and oxygen atoms in total. The van der Waals surface area contributed by atoms with Crippen LogP contribution in [0.4, 0.5) is 5.82 Å². The van der Waals surface area contributed by atoms with Crippen molar-refractivity contribution in [1.82, 2.24) is 15.3 Å². The molecule has 1 fully saturated rings. The fourth-order valence-electron chi connectivity index (χ4n) is 2.46. The van der Waals surface area contributed by atoms with Crippen molar-refractivity contribution in [2.45, 2.75) is 19.8 Å². The van der Waals surface area contributed by atoms with Gasteiger partial charge in [-0.3, -0.25) is 0 Å². The van der Waals surface area contributed by atoms with Gasteiger partial charge in [-0.15, -0.1) is 0 Å². The Bertz CT molecular complexity index is 377. The minimum Gasteiger partial charge on any atom is -0.383 e.